The SMILES string of the molecule is CCCNCc1csc(S(=O)(=O)NC(C)CCSC)c1. The fourth-order valence-corrected chi connectivity index (χ4v) is 4.77. The highest BCUT2D eigenvalue weighted by atomic mass is 32.2. The lowest BCUT2D eigenvalue weighted by molar-refractivity contribution is 0.559. The minimum atomic E-state index is -3.37. The third kappa shape index (κ3) is 6.13. The smallest absolute Gasteiger partial charge is 0.250 e. The van der Waals surface area contributed by atoms with E-state index < -0.39 is 10.0 Å². The lowest BCUT2D eigenvalue weighted by Crippen LogP contribution is -2.32. The Kier molecular flexibility index (Phi) is 8.13. The maximum absolute atomic E-state index is 12.2. The van der Waals surface area contributed by atoms with Crippen molar-refractivity contribution in [3.05, 3.63) is 17.0 Å². The standard InChI is InChI=1S/C13H24N2O2S3/c1-4-6-14-9-12-8-13(19-10-12)20(16,17)15-11(2)5-7-18-3/h8,10-11,14-15H,4-7,9H2,1-3H3. The van der Waals surface area contributed by atoms with Crippen molar-refractivity contribution in [1.29, 1.82) is 0 Å². The first-order valence-electron chi connectivity index (χ1n) is 6.79. The molecule has 20 heavy (non-hydrogen) atoms. The highest BCUT2D eigenvalue weighted by molar-refractivity contribution is 7.98. The van der Waals surface area contributed by atoms with Crippen molar-refractivity contribution in [3.63, 3.8) is 0 Å². The van der Waals surface area contributed by atoms with Gasteiger partial charge in [0.25, 0.3) is 0 Å². The molecule has 0 saturated heterocycles. The van der Waals surface area contributed by atoms with Crippen LogP contribution in [0, 0.1) is 0 Å². The molecule has 1 rings (SSSR count). The van der Waals surface area contributed by atoms with Crippen LogP contribution in [-0.2, 0) is 16.6 Å². The monoisotopic (exact) mass is 336 g/mol. The zero-order valence-electron chi connectivity index (χ0n) is 12.3. The van der Waals surface area contributed by atoms with Crippen LogP contribution < -0.4 is 10.0 Å². The Morgan fingerprint density at radius 3 is 2.85 bits per heavy atom. The number of sulfonamides is 1. The van der Waals surface area contributed by atoms with Crippen LogP contribution in [0.2, 0.25) is 0 Å². The van der Waals surface area contributed by atoms with Gasteiger partial charge in [0.05, 0.1) is 0 Å². The molecular weight excluding hydrogens is 312 g/mol. The second-order valence-electron chi connectivity index (χ2n) is 4.75. The predicted octanol–water partition coefficient (Wildman–Crippen LogP) is 2.67. The van der Waals surface area contributed by atoms with E-state index in [1.54, 1.807) is 17.8 Å². The first-order chi connectivity index (χ1) is 9.49. The summed E-state index contributed by atoms with van der Waals surface area (Å²) < 4.78 is 27.6. The van der Waals surface area contributed by atoms with E-state index in [1.165, 1.54) is 11.3 Å². The van der Waals surface area contributed by atoms with Gasteiger partial charge in [-0.05, 0) is 55.3 Å². The van der Waals surface area contributed by atoms with E-state index in [4.69, 9.17) is 0 Å². The van der Waals surface area contributed by atoms with Gasteiger partial charge in [-0.2, -0.15) is 11.8 Å². The summed E-state index contributed by atoms with van der Waals surface area (Å²) in [4.78, 5) is 0. The topological polar surface area (TPSA) is 58.2 Å². The summed E-state index contributed by atoms with van der Waals surface area (Å²) in [6, 6.07) is 1.73. The molecule has 7 heteroatoms. The number of nitrogens with one attached hydrogen (secondary N) is 2. The van der Waals surface area contributed by atoms with E-state index >= 15 is 0 Å². The average molecular weight is 337 g/mol. The normalized spacial score (nSPS) is 13.6. The van der Waals surface area contributed by atoms with Crippen molar-refractivity contribution < 1.29 is 8.42 Å². The van der Waals surface area contributed by atoms with Gasteiger partial charge in [0.2, 0.25) is 10.0 Å². The number of hydrogen-bond acceptors (Lipinski definition) is 5. The zero-order valence-corrected chi connectivity index (χ0v) is 14.8. The van der Waals surface area contributed by atoms with Crippen molar-refractivity contribution in [3.8, 4) is 0 Å². The minimum absolute atomic E-state index is 0.0313. The summed E-state index contributed by atoms with van der Waals surface area (Å²) in [5, 5.41) is 5.18. The fraction of sp³-hybridized carbons (Fsp3) is 0.692. The van der Waals surface area contributed by atoms with Gasteiger partial charge in [-0.1, -0.05) is 6.92 Å². The van der Waals surface area contributed by atoms with Crippen LogP contribution in [0.1, 0.15) is 32.3 Å². The molecule has 4 nitrogen and oxygen atoms in total. The molecule has 0 bridgehead atoms. The van der Waals surface area contributed by atoms with Crippen LogP contribution in [-0.4, -0.2) is 33.0 Å². The molecule has 0 amide bonds. The first-order valence-corrected chi connectivity index (χ1v) is 10.5. The predicted molar refractivity (Wildman–Crippen MR) is 89.1 cm³/mol. The molecule has 0 aliphatic rings. The van der Waals surface area contributed by atoms with E-state index in [0.29, 0.717) is 4.21 Å². The summed E-state index contributed by atoms with van der Waals surface area (Å²) >= 11 is 3.01. The molecule has 1 unspecified atom stereocenters. The molecule has 1 aromatic heterocycles. The Morgan fingerprint density at radius 2 is 2.20 bits per heavy atom. The molecule has 116 valence electrons. The largest absolute Gasteiger partial charge is 0.313 e. The van der Waals surface area contributed by atoms with E-state index in [2.05, 4.69) is 17.0 Å². The lowest BCUT2D eigenvalue weighted by atomic mass is 10.3. The number of rotatable bonds is 10. The van der Waals surface area contributed by atoms with Gasteiger partial charge in [0.1, 0.15) is 4.21 Å². The van der Waals surface area contributed by atoms with Gasteiger partial charge in [-0.3, -0.25) is 0 Å². The highest BCUT2D eigenvalue weighted by Gasteiger charge is 2.19. The Hall–Kier alpha value is -0.0800. The van der Waals surface area contributed by atoms with Crippen molar-refractivity contribution in [1.82, 2.24) is 10.0 Å². The fourth-order valence-electron chi connectivity index (χ4n) is 1.67. The first kappa shape index (κ1) is 18.0. The number of thiophene rings is 1. The molecule has 1 aromatic rings. The number of hydrogen-bond donors (Lipinski definition) is 2. The van der Waals surface area contributed by atoms with Crippen LogP contribution >= 0.6 is 23.1 Å². The van der Waals surface area contributed by atoms with Crippen molar-refractivity contribution in [2.45, 2.75) is 43.5 Å². The quantitative estimate of drug-likeness (QED) is 0.645. The maximum Gasteiger partial charge on any atom is 0.250 e. The summed E-state index contributed by atoms with van der Waals surface area (Å²) in [6.45, 7) is 5.69. The summed E-state index contributed by atoms with van der Waals surface area (Å²) in [7, 11) is -3.37. The summed E-state index contributed by atoms with van der Waals surface area (Å²) in [5.41, 5.74) is 1.03. The molecule has 1 heterocycles. The van der Waals surface area contributed by atoms with Gasteiger partial charge < -0.3 is 5.32 Å². The molecule has 1 atom stereocenters. The molecule has 0 fully saturated rings. The van der Waals surface area contributed by atoms with Crippen molar-refractivity contribution in [2.75, 3.05) is 18.6 Å². The Balaban J connectivity index is 2.59. The summed E-state index contributed by atoms with van der Waals surface area (Å²) in [5.74, 6) is 0.959. The van der Waals surface area contributed by atoms with E-state index in [9.17, 15) is 8.42 Å². The minimum Gasteiger partial charge on any atom is -0.313 e. The van der Waals surface area contributed by atoms with E-state index in [0.717, 1.165) is 37.2 Å². The van der Waals surface area contributed by atoms with Crippen LogP contribution in [0.5, 0.6) is 0 Å². The third-order valence-corrected chi connectivity index (χ3v) is 6.48. The molecule has 0 spiro atoms. The van der Waals surface area contributed by atoms with E-state index in [1.807, 2.05) is 18.6 Å². The van der Waals surface area contributed by atoms with Crippen molar-refractivity contribution >= 4 is 33.1 Å². The second kappa shape index (κ2) is 9.04. The maximum atomic E-state index is 12.2. The Bertz CT molecular complexity index is 486. The van der Waals surface area contributed by atoms with Crippen LogP contribution in [0.15, 0.2) is 15.7 Å². The molecule has 0 aliphatic heterocycles. The number of thioether (sulfide) groups is 1. The van der Waals surface area contributed by atoms with Gasteiger partial charge in [-0.15, -0.1) is 11.3 Å². The summed E-state index contributed by atoms with van der Waals surface area (Å²) in [6.07, 6.45) is 3.94. The Morgan fingerprint density at radius 1 is 1.45 bits per heavy atom. The van der Waals surface area contributed by atoms with Gasteiger partial charge in [0, 0.05) is 12.6 Å². The molecule has 0 radical (unpaired) electrons. The zero-order chi connectivity index (χ0) is 15.0. The Labute approximate surface area is 130 Å². The lowest BCUT2D eigenvalue weighted by Gasteiger charge is -2.12. The average Bonchev–Trinajstić information content (AvgIpc) is 2.86. The van der Waals surface area contributed by atoms with Gasteiger partial charge in [-0.25, -0.2) is 13.1 Å². The van der Waals surface area contributed by atoms with Crippen LogP contribution in [0.4, 0.5) is 0 Å². The molecule has 0 saturated carbocycles. The molecule has 2 N–H and O–H groups in total. The third-order valence-electron chi connectivity index (χ3n) is 2.76. The van der Waals surface area contributed by atoms with Crippen LogP contribution in [0.3, 0.4) is 0 Å². The molecular formula is C13H24N2O2S3. The second-order valence-corrected chi connectivity index (χ2v) is 8.59. The molecule has 0 aromatic carbocycles. The van der Waals surface area contributed by atoms with Crippen molar-refractivity contribution in [2.24, 2.45) is 0 Å². The van der Waals surface area contributed by atoms with Gasteiger partial charge >= 0.3 is 0 Å². The van der Waals surface area contributed by atoms with Gasteiger partial charge in [0.15, 0.2) is 0 Å². The van der Waals surface area contributed by atoms with E-state index in [-0.39, 0.29) is 6.04 Å². The molecule has 0 aliphatic carbocycles. The highest BCUT2D eigenvalue weighted by Crippen LogP contribution is 2.20. The van der Waals surface area contributed by atoms with Crippen LogP contribution in [0.25, 0.3) is 0 Å².